The summed E-state index contributed by atoms with van der Waals surface area (Å²) in [5.74, 6) is 0. The van der Waals surface area contributed by atoms with Crippen LogP contribution in [0.4, 0.5) is 0 Å². The summed E-state index contributed by atoms with van der Waals surface area (Å²) in [6, 6.07) is 6.08. The zero-order chi connectivity index (χ0) is 11.6. The van der Waals surface area contributed by atoms with E-state index < -0.39 is 10.1 Å². The third-order valence-electron chi connectivity index (χ3n) is 2.00. The quantitative estimate of drug-likeness (QED) is 0.797. The Morgan fingerprint density at radius 2 is 1.88 bits per heavy atom. The zero-order valence-corrected chi connectivity index (χ0v) is 8.92. The van der Waals surface area contributed by atoms with Gasteiger partial charge in [-0.25, -0.2) is 0 Å². The normalized spacial score (nSPS) is 11.3. The number of aromatic nitrogens is 2. The maximum atomic E-state index is 11.1. The van der Waals surface area contributed by atoms with Gasteiger partial charge in [0.2, 0.25) is 0 Å². The number of hydrogen-bond donors (Lipinski definition) is 1. The first-order valence-corrected chi connectivity index (χ1v) is 5.86. The van der Waals surface area contributed by atoms with E-state index >= 15 is 0 Å². The molecular formula is C10H8N2O3S. The van der Waals surface area contributed by atoms with Gasteiger partial charge in [-0.15, -0.1) is 0 Å². The third-order valence-corrected chi connectivity index (χ3v) is 2.92. The lowest BCUT2D eigenvalue weighted by atomic mass is 10.2. The van der Waals surface area contributed by atoms with Crippen LogP contribution in [0.25, 0.3) is 11.3 Å². The molecule has 0 bridgehead atoms. The van der Waals surface area contributed by atoms with Gasteiger partial charge in [-0.1, -0.05) is 18.2 Å². The molecule has 0 fully saturated rings. The van der Waals surface area contributed by atoms with Gasteiger partial charge in [0.15, 0.2) is 0 Å². The summed E-state index contributed by atoms with van der Waals surface area (Å²) < 4.78 is 31.3. The van der Waals surface area contributed by atoms with E-state index in [1.54, 1.807) is 12.1 Å². The summed E-state index contributed by atoms with van der Waals surface area (Å²) in [6.45, 7) is 0. The molecule has 16 heavy (non-hydrogen) atoms. The minimum absolute atomic E-state index is 0.171. The maximum Gasteiger partial charge on any atom is 0.295 e. The molecule has 0 radical (unpaired) electrons. The fourth-order valence-corrected chi connectivity index (χ4v) is 2.04. The van der Waals surface area contributed by atoms with E-state index in [4.69, 9.17) is 4.55 Å². The van der Waals surface area contributed by atoms with Crippen LogP contribution >= 0.6 is 0 Å². The summed E-state index contributed by atoms with van der Waals surface area (Å²) >= 11 is 0. The highest BCUT2D eigenvalue weighted by molar-refractivity contribution is 7.86. The van der Waals surface area contributed by atoms with Crippen LogP contribution in [0, 0.1) is 0 Å². The summed E-state index contributed by atoms with van der Waals surface area (Å²) in [4.78, 5) is 7.66. The molecule has 0 amide bonds. The second-order valence-electron chi connectivity index (χ2n) is 3.06. The van der Waals surface area contributed by atoms with E-state index in [0.717, 1.165) is 0 Å². The van der Waals surface area contributed by atoms with Crippen molar-refractivity contribution in [3.63, 3.8) is 0 Å². The van der Waals surface area contributed by atoms with Crippen molar-refractivity contribution in [3.8, 4) is 11.3 Å². The molecule has 2 aromatic rings. The second kappa shape index (κ2) is 3.99. The molecule has 0 unspecified atom stereocenters. The zero-order valence-electron chi connectivity index (χ0n) is 8.11. The van der Waals surface area contributed by atoms with Crippen molar-refractivity contribution in [1.82, 2.24) is 9.97 Å². The van der Waals surface area contributed by atoms with Crippen LogP contribution in [0.15, 0.2) is 47.8 Å². The standard InChI is InChI=1S/C10H8N2O3S/c13-16(14,15)10-4-2-1-3-8(10)9-7-11-5-6-12-9/h1-7H,(H,13,14,15). The van der Waals surface area contributed by atoms with Gasteiger partial charge in [0.1, 0.15) is 4.90 Å². The topological polar surface area (TPSA) is 80.2 Å². The maximum absolute atomic E-state index is 11.1. The number of benzene rings is 1. The fraction of sp³-hybridized carbons (Fsp3) is 0. The Bertz CT molecular complexity index is 596. The number of nitrogens with zero attached hydrogens (tertiary/aromatic N) is 2. The molecule has 1 aromatic carbocycles. The third kappa shape index (κ3) is 2.07. The average molecular weight is 236 g/mol. The Hall–Kier alpha value is -1.79. The van der Waals surface area contributed by atoms with Crippen molar-refractivity contribution in [2.24, 2.45) is 0 Å². The van der Waals surface area contributed by atoms with Gasteiger partial charge in [-0.3, -0.25) is 14.5 Å². The van der Waals surface area contributed by atoms with E-state index in [1.165, 1.54) is 30.7 Å². The van der Waals surface area contributed by atoms with E-state index in [-0.39, 0.29) is 4.90 Å². The van der Waals surface area contributed by atoms with Crippen LogP contribution < -0.4 is 0 Å². The Morgan fingerprint density at radius 1 is 1.12 bits per heavy atom. The minimum Gasteiger partial charge on any atom is -0.282 e. The minimum atomic E-state index is -4.25. The van der Waals surface area contributed by atoms with Crippen molar-refractivity contribution in [3.05, 3.63) is 42.9 Å². The first kappa shape index (κ1) is 10.7. The molecule has 5 nitrogen and oxygen atoms in total. The molecule has 0 aliphatic rings. The van der Waals surface area contributed by atoms with Gasteiger partial charge in [0, 0.05) is 18.0 Å². The molecular weight excluding hydrogens is 228 g/mol. The average Bonchev–Trinajstić information content (AvgIpc) is 2.29. The molecule has 0 aliphatic heterocycles. The van der Waals surface area contributed by atoms with Gasteiger partial charge in [0.05, 0.1) is 11.9 Å². The van der Waals surface area contributed by atoms with Gasteiger partial charge >= 0.3 is 0 Å². The Morgan fingerprint density at radius 3 is 2.50 bits per heavy atom. The summed E-state index contributed by atoms with van der Waals surface area (Å²) in [7, 11) is -4.25. The van der Waals surface area contributed by atoms with Crippen molar-refractivity contribution in [2.45, 2.75) is 4.90 Å². The highest BCUT2D eigenvalue weighted by Crippen LogP contribution is 2.24. The molecule has 0 saturated carbocycles. The Kier molecular flexibility index (Phi) is 2.67. The smallest absolute Gasteiger partial charge is 0.282 e. The van der Waals surface area contributed by atoms with E-state index in [1.807, 2.05) is 0 Å². The Labute approximate surface area is 92.6 Å². The molecule has 82 valence electrons. The van der Waals surface area contributed by atoms with Crippen LogP contribution in [0.3, 0.4) is 0 Å². The first-order chi connectivity index (χ1) is 7.59. The largest absolute Gasteiger partial charge is 0.295 e. The fourth-order valence-electron chi connectivity index (χ4n) is 1.34. The van der Waals surface area contributed by atoms with Crippen LogP contribution in [-0.4, -0.2) is 22.9 Å². The molecule has 2 rings (SSSR count). The van der Waals surface area contributed by atoms with E-state index in [0.29, 0.717) is 11.3 Å². The van der Waals surface area contributed by atoms with Crippen molar-refractivity contribution >= 4 is 10.1 Å². The monoisotopic (exact) mass is 236 g/mol. The second-order valence-corrected chi connectivity index (χ2v) is 4.45. The number of rotatable bonds is 2. The molecule has 1 heterocycles. The molecule has 1 aromatic heterocycles. The molecule has 1 N–H and O–H groups in total. The summed E-state index contributed by atoms with van der Waals surface area (Å²) in [5, 5.41) is 0. The molecule has 0 aliphatic carbocycles. The lowest BCUT2D eigenvalue weighted by Crippen LogP contribution is -2.01. The van der Waals surface area contributed by atoms with E-state index in [9.17, 15) is 8.42 Å². The summed E-state index contributed by atoms with van der Waals surface area (Å²) in [6.07, 6.45) is 4.37. The Balaban J connectivity index is 2.68. The van der Waals surface area contributed by atoms with Gasteiger partial charge in [-0.2, -0.15) is 8.42 Å². The molecule has 0 saturated heterocycles. The van der Waals surface area contributed by atoms with Gasteiger partial charge in [-0.05, 0) is 6.07 Å². The first-order valence-electron chi connectivity index (χ1n) is 4.42. The summed E-state index contributed by atoms with van der Waals surface area (Å²) in [5.41, 5.74) is 0.730. The van der Waals surface area contributed by atoms with Crippen molar-refractivity contribution in [1.29, 1.82) is 0 Å². The highest BCUT2D eigenvalue weighted by atomic mass is 32.2. The van der Waals surface area contributed by atoms with Crippen molar-refractivity contribution in [2.75, 3.05) is 0 Å². The van der Waals surface area contributed by atoms with Crippen LogP contribution in [-0.2, 0) is 10.1 Å². The molecule has 0 atom stereocenters. The predicted octanol–water partition coefficient (Wildman–Crippen LogP) is 1.39. The predicted molar refractivity (Wildman–Crippen MR) is 57.3 cm³/mol. The lowest BCUT2D eigenvalue weighted by molar-refractivity contribution is 0.483. The number of hydrogen-bond acceptors (Lipinski definition) is 4. The van der Waals surface area contributed by atoms with Crippen LogP contribution in [0.2, 0.25) is 0 Å². The SMILES string of the molecule is O=S(=O)(O)c1ccccc1-c1cnccn1. The van der Waals surface area contributed by atoms with E-state index in [2.05, 4.69) is 9.97 Å². The van der Waals surface area contributed by atoms with Gasteiger partial charge < -0.3 is 0 Å². The van der Waals surface area contributed by atoms with Gasteiger partial charge in [0.25, 0.3) is 10.1 Å². The van der Waals surface area contributed by atoms with Crippen LogP contribution in [0.5, 0.6) is 0 Å². The molecule has 0 spiro atoms. The van der Waals surface area contributed by atoms with Crippen LogP contribution in [0.1, 0.15) is 0 Å². The highest BCUT2D eigenvalue weighted by Gasteiger charge is 2.16. The lowest BCUT2D eigenvalue weighted by Gasteiger charge is -2.04. The van der Waals surface area contributed by atoms with Crippen molar-refractivity contribution < 1.29 is 13.0 Å². The molecule has 6 heteroatoms.